The van der Waals surface area contributed by atoms with Gasteiger partial charge in [0.25, 0.3) is 0 Å². The minimum atomic E-state index is -0.373. The quantitative estimate of drug-likeness (QED) is 0.123. The van der Waals surface area contributed by atoms with E-state index in [2.05, 4.69) is 432 Å². The Bertz CT molecular complexity index is 7370. The summed E-state index contributed by atoms with van der Waals surface area (Å²) >= 11 is 3.58. The van der Waals surface area contributed by atoms with Crippen molar-refractivity contribution in [2.24, 2.45) is 0 Å². The second kappa shape index (κ2) is 26.3. The van der Waals surface area contributed by atoms with E-state index in [0.29, 0.717) is 0 Å². The molecule has 0 bridgehead atoms. The molecule has 1 aliphatic heterocycles. The fourth-order valence-electron chi connectivity index (χ4n) is 19.2. The monoisotopic (exact) mass is 1530 g/mol. The third-order valence-electron chi connectivity index (χ3n) is 25.7. The van der Waals surface area contributed by atoms with Gasteiger partial charge >= 0.3 is 7.12 Å². The SMILES string of the molecule is Brc1cccc(-c2ccc3c(c2)c2ccccc2n3-c2ccccc2)c1.CC1(C)c2ccccc2-c2cc3c4ccccc4c4cc(-c5cccc(-c6ccc7c(c6)c6ccccc6n7-c6ccccc6)c5)ccc4c3cc21.CC1(C)c2ccccc2-c2cc3c4ccccc4c4cc(B5OC(C)(C)C(C)(C)O5)ccc4c3cc21. The average molecular weight is 1530 g/mol. The van der Waals surface area contributed by atoms with Crippen LogP contribution in [-0.2, 0) is 20.1 Å². The molecule has 20 aromatic rings. The summed E-state index contributed by atoms with van der Waals surface area (Å²) in [7, 11) is -0.373. The maximum Gasteiger partial charge on any atom is 0.494 e. The molecular formula is C108H82BBrN2O2. The molecule has 0 spiro atoms. The van der Waals surface area contributed by atoms with E-state index in [1.54, 1.807) is 0 Å². The van der Waals surface area contributed by atoms with Crippen LogP contribution in [0.2, 0.25) is 0 Å². The van der Waals surface area contributed by atoms with Crippen molar-refractivity contribution in [3.63, 3.8) is 0 Å². The molecule has 0 radical (unpaired) electrons. The summed E-state index contributed by atoms with van der Waals surface area (Å²) in [5.41, 5.74) is 26.0. The number of nitrogens with zero attached hydrogens (tertiary/aromatic N) is 2. The first-order valence-electron chi connectivity index (χ1n) is 39.9. The predicted molar refractivity (Wildman–Crippen MR) is 488 cm³/mol. The minimum absolute atomic E-state index is 0.0271. The molecule has 18 aromatic carbocycles. The van der Waals surface area contributed by atoms with E-state index in [-0.39, 0.29) is 29.2 Å². The number of rotatable bonds is 6. The van der Waals surface area contributed by atoms with Gasteiger partial charge in [0.05, 0.1) is 33.3 Å². The van der Waals surface area contributed by atoms with Gasteiger partial charge in [-0.25, -0.2) is 0 Å². The van der Waals surface area contributed by atoms with Crippen LogP contribution in [0.4, 0.5) is 0 Å². The largest absolute Gasteiger partial charge is 0.494 e. The van der Waals surface area contributed by atoms with Crippen LogP contribution < -0.4 is 5.46 Å². The van der Waals surface area contributed by atoms with E-state index in [0.717, 1.165) is 9.94 Å². The number of hydrogen-bond donors (Lipinski definition) is 0. The lowest BCUT2D eigenvalue weighted by atomic mass is 9.77. The third kappa shape index (κ3) is 11.0. The molecule has 23 rings (SSSR count). The van der Waals surface area contributed by atoms with Crippen molar-refractivity contribution >= 4 is 137 Å². The Kier molecular flexibility index (Phi) is 16.1. The number of hydrogen-bond acceptors (Lipinski definition) is 2. The van der Waals surface area contributed by atoms with Crippen LogP contribution >= 0.6 is 15.9 Å². The fraction of sp³-hybridized carbons (Fsp3) is 0.111. The highest BCUT2D eigenvalue weighted by Crippen LogP contribution is 2.54. The zero-order valence-corrected chi connectivity index (χ0v) is 66.7. The van der Waals surface area contributed by atoms with E-state index in [4.69, 9.17) is 9.31 Å². The molecule has 0 amide bonds. The lowest BCUT2D eigenvalue weighted by Gasteiger charge is -2.32. The average Bonchev–Trinajstić information content (AvgIpc) is 1.47. The predicted octanol–water partition coefficient (Wildman–Crippen LogP) is 28.8. The molecule has 3 heterocycles. The summed E-state index contributed by atoms with van der Waals surface area (Å²) in [5, 5.41) is 20.7. The van der Waals surface area contributed by atoms with Gasteiger partial charge in [-0.1, -0.05) is 286 Å². The number of para-hydroxylation sites is 4. The van der Waals surface area contributed by atoms with Crippen molar-refractivity contribution in [2.75, 3.05) is 0 Å². The topological polar surface area (TPSA) is 28.3 Å². The van der Waals surface area contributed by atoms with Gasteiger partial charge < -0.3 is 18.4 Å². The molecule has 0 saturated carbocycles. The van der Waals surface area contributed by atoms with Crippen molar-refractivity contribution in [3.05, 3.63) is 379 Å². The molecule has 6 heteroatoms. The van der Waals surface area contributed by atoms with Gasteiger partial charge in [0, 0.05) is 48.2 Å². The summed E-state index contributed by atoms with van der Waals surface area (Å²) in [4.78, 5) is 0. The summed E-state index contributed by atoms with van der Waals surface area (Å²) in [5.74, 6) is 0. The van der Waals surface area contributed by atoms with Crippen molar-refractivity contribution in [1.82, 2.24) is 9.13 Å². The van der Waals surface area contributed by atoms with E-state index in [1.807, 2.05) is 0 Å². The molecule has 2 aromatic heterocycles. The number of aromatic nitrogens is 2. The zero-order valence-electron chi connectivity index (χ0n) is 65.2. The van der Waals surface area contributed by atoms with E-state index in [1.165, 1.54) is 198 Å². The molecule has 0 unspecified atom stereocenters. The van der Waals surface area contributed by atoms with Crippen LogP contribution in [-0.4, -0.2) is 27.5 Å². The number of halogens is 1. The normalized spacial score (nSPS) is 14.7. The first-order chi connectivity index (χ1) is 55.4. The molecule has 4 nitrogen and oxygen atoms in total. The van der Waals surface area contributed by atoms with Crippen molar-refractivity contribution in [1.29, 1.82) is 0 Å². The van der Waals surface area contributed by atoms with E-state index >= 15 is 0 Å². The van der Waals surface area contributed by atoms with Crippen LogP contribution in [0.5, 0.6) is 0 Å². The first-order valence-corrected chi connectivity index (χ1v) is 40.7. The Balaban J connectivity index is 0.000000114. The van der Waals surface area contributed by atoms with Gasteiger partial charge in [0.15, 0.2) is 0 Å². The molecule has 1 saturated heterocycles. The van der Waals surface area contributed by atoms with Crippen LogP contribution in [0.3, 0.4) is 0 Å². The Morgan fingerprint density at radius 3 is 1.03 bits per heavy atom. The zero-order chi connectivity index (χ0) is 77.1. The molecule has 2 aliphatic carbocycles. The van der Waals surface area contributed by atoms with Crippen molar-refractivity contribution < 1.29 is 9.31 Å². The molecule has 0 N–H and O–H groups in total. The molecular weight excluding hydrogens is 1450 g/mol. The highest BCUT2D eigenvalue weighted by molar-refractivity contribution is 9.10. The molecule has 114 heavy (non-hydrogen) atoms. The fourth-order valence-corrected chi connectivity index (χ4v) is 19.6. The Morgan fingerprint density at radius 2 is 0.561 bits per heavy atom. The van der Waals surface area contributed by atoms with Gasteiger partial charge in [0.1, 0.15) is 0 Å². The Morgan fingerprint density at radius 1 is 0.228 bits per heavy atom. The lowest BCUT2D eigenvalue weighted by Crippen LogP contribution is -2.41. The van der Waals surface area contributed by atoms with Crippen LogP contribution in [0.25, 0.3) is 175 Å². The maximum atomic E-state index is 6.40. The van der Waals surface area contributed by atoms with Gasteiger partial charge in [-0.3, -0.25) is 0 Å². The third-order valence-corrected chi connectivity index (χ3v) is 26.2. The van der Waals surface area contributed by atoms with E-state index < -0.39 is 0 Å². The first kappa shape index (κ1) is 69.5. The summed E-state index contributed by atoms with van der Waals surface area (Å²) < 4.78 is 18.6. The van der Waals surface area contributed by atoms with E-state index in [9.17, 15) is 0 Å². The van der Waals surface area contributed by atoms with Crippen molar-refractivity contribution in [2.45, 2.75) is 77.4 Å². The lowest BCUT2D eigenvalue weighted by molar-refractivity contribution is 0.00578. The second-order valence-electron chi connectivity index (χ2n) is 33.4. The molecule has 546 valence electrons. The summed E-state index contributed by atoms with van der Waals surface area (Å²) in [6, 6.07) is 129. The molecule has 1 fully saturated rings. The Labute approximate surface area is 673 Å². The maximum absolute atomic E-state index is 6.40. The van der Waals surface area contributed by atoms with Gasteiger partial charge in [0.2, 0.25) is 0 Å². The second-order valence-corrected chi connectivity index (χ2v) is 34.3. The molecule has 3 aliphatic rings. The number of benzene rings is 18. The highest BCUT2D eigenvalue weighted by Gasteiger charge is 2.52. The van der Waals surface area contributed by atoms with Gasteiger partial charge in [-0.2, -0.15) is 0 Å². The minimum Gasteiger partial charge on any atom is -0.399 e. The smallest absolute Gasteiger partial charge is 0.399 e. The van der Waals surface area contributed by atoms with Crippen LogP contribution in [0.1, 0.15) is 77.6 Å². The van der Waals surface area contributed by atoms with Gasteiger partial charge in [-0.05, 0) is 285 Å². The standard InChI is InChI=1S/C51H35N.C33H31BO2.C24H16BrN/c1-51(2)47-21-10-8-19-40(47)45-30-43-38-18-7-6-17-37(38)42-28-34(23-25-39(42)44(43)31-48(45)51)32-13-12-14-33(27-32)35-24-26-50-46(29-35)41-20-9-11-22-49(41)52(50)36-15-4-3-5-16-36;1-31(2)29-14-10-9-13-24(29)28-18-26-22-12-8-7-11-21(22)25-17-20(15-16-23(25)27(26)19-30(28)31)34-35-32(3,4)33(5,6)36-34;25-19-8-6-7-17(15-19)18-13-14-24-22(16-18)21-11-4-5-12-23(21)26(24)20-9-2-1-3-10-20/h3-31H,1-2H3;7-19H,1-6H3;1-16H. The van der Waals surface area contributed by atoms with Crippen LogP contribution in [0, 0.1) is 0 Å². The summed E-state index contributed by atoms with van der Waals surface area (Å²) in [6.45, 7) is 17.9. The summed E-state index contributed by atoms with van der Waals surface area (Å²) in [6.07, 6.45) is 0. The Hall–Kier alpha value is -12.4. The van der Waals surface area contributed by atoms with Crippen LogP contribution in [0.15, 0.2) is 356 Å². The van der Waals surface area contributed by atoms with Crippen molar-refractivity contribution in [3.8, 4) is 67.0 Å². The molecule has 0 atom stereocenters. The highest BCUT2D eigenvalue weighted by atomic mass is 79.9. The van der Waals surface area contributed by atoms with Gasteiger partial charge in [-0.15, -0.1) is 0 Å². The number of fused-ring (bicyclic) bond motifs is 24.